The van der Waals surface area contributed by atoms with Gasteiger partial charge < -0.3 is 20.1 Å². The Hall–Kier alpha value is -1.17. The van der Waals surface area contributed by atoms with E-state index in [1.54, 1.807) is 12.1 Å². The van der Waals surface area contributed by atoms with Crippen molar-refractivity contribution < 1.29 is 14.3 Å². The van der Waals surface area contributed by atoms with E-state index in [0.29, 0.717) is 42.0 Å². The van der Waals surface area contributed by atoms with Crippen LogP contribution in [0.15, 0.2) is 12.1 Å². The lowest BCUT2D eigenvalue weighted by Crippen LogP contribution is -2.37. The second-order valence-corrected chi connectivity index (χ2v) is 5.42. The molecule has 5 nitrogen and oxygen atoms in total. The number of carbonyl (C=O) groups excluding carboxylic acids is 1. The van der Waals surface area contributed by atoms with Crippen molar-refractivity contribution >= 4 is 35.6 Å². The van der Waals surface area contributed by atoms with Gasteiger partial charge >= 0.3 is 0 Å². The topological polar surface area (TPSA) is 59.6 Å². The van der Waals surface area contributed by atoms with Gasteiger partial charge in [-0.25, -0.2) is 0 Å². The van der Waals surface area contributed by atoms with Crippen LogP contribution in [0.5, 0.6) is 11.5 Å². The number of hydrogen-bond donors (Lipinski definition) is 2. The fourth-order valence-electron chi connectivity index (χ4n) is 2.47. The first kappa shape index (κ1) is 16.2. The van der Waals surface area contributed by atoms with Crippen molar-refractivity contribution in [3.63, 3.8) is 0 Å². The molecule has 1 aromatic rings. The molecule has 2 N–H and O–H groups in total. The number of benzene rings is 1. The first-order valence-electron chi connectivity index (χ1n) is 6.85. The van der Waals surface area contributed by atoms with Crippen LogP contribution < -0.4 is 20.1 Å². The number of rotatable bonds is 2. The van der Waals surface area contributed by atoms with Gasteiger partial charge in [0.2, 0.25) is 5.91 Å². The minimum Gasteiger partial charge on any atom is -0.486 e. The molecular formula is C14H18Cl2N2O3. The number of carbonyl (C=O) groups is 1. The number of halogens is 2. The molecule has 0 radical (unpaired) electrons. The van der Waals surface area contributed by atoms with Crippen molar-refractivity contribution in [3.8, 4) is 11.5 Å². The standard InChI is InChI=1S/C14H17ClN2O3.ClH/c15-10-6-12-13(20-5-4-19-12)7-11(10)17-14(18)9-2-1-3-16-8-9;/h6-7,9,16H,1-5,8H2,(H,17,18);1H. The van der Waals surface area contributed by atoms with E-state index in [1.165, 1.54) is 0 Å². The Morgan fingerprint density at radius 3 is 2.67 bits per heavy atom. The second-order valence-electron chi connectivity index (χ2n) is 5.01. The number of hydrogen-bond acceptors (Lipinski definition) is 4. The maximum Gasteiger partial charge on any atom is 0.228 e. The molecule has 0 spiro atoms. The number of amides is 1. The molecule has 3 rings (SSSR count). The molecular weight excluding hydrogens is 315 g/mol. The van der Waals surface area contributed by atoms with Gasteiger partial charge in [-0.2, -0.15) is 0 Å². The largest absolute Gasteiger partial charge is 0.486 e. The molecule has 116 valence electrons. The average molecular weight is 333 g/mol. The quantitative estimate of drug-likeness (QED) is 0.873. The molecule has 21 heavy (non-hydrogen) atoms. The third kappa shape index (κ3) is 3.73. The minimum atomic E-state index is -0.00647. The van der Waals surface area contributed by atoms with Crippen molar-refractivity contribution in [3.05, 3.63) is 17.2 Å². The normalized spacial score (nSPS) is 20.3. The predicted molar refractivity (Wildman–Crippen MR) is 83.9 cm³/mol. The van der Waals surface area contributed by atoms with Gasteiger partial charge in [-0.15, -0.1) is 12.4 Å². The fourth-order valence-corrected chi connectivity index (χ4v) is 2.67. The Labute approximate surface area is 134 Å². The van der Waals surface area contributed by atoms with E-state index < -0.39 is 0 Å². The van der Waals surface area contributed by atoms with E-state index >= 15 is 0 Å². The molecule has 1 aromatic carbocycles. The highest BCUT2D eigenvalue weighted by molar-refractivity contribution is 6.34. The summed E-state index contributed by atoms with van der Waals surface area (Å²) in [6.45, 7) is 2.72. The summed E-state index contributed by atoms with van der Waals surface area (Å²) in [7, 11) is 0. The summed E-state index contributed by atoms with van der Waals surface area (Å²) in [6, 6.07) is 3.41. The smallest absolute Gasteiger partial charge is 0.228 e. The van der Waals surface area contributed by atoms with Gasteiger partial charge in [0.1, 0.15) is 13.2 Å². The summed E-state index contributed by atoms with van der Waals surface area (Å²) in [4.78, 5) is 12.2. The monoisotopic (exact) mass is 332 g/mol. The SMILES string of the molecule is Cl.O=C(Nc1cc2c(cc1Cl)OCCO2)C1CCCNC1. The summed E-state index contributed by atoms with van der Waals surface area (Å²) in [5, 5.41) is 6.58. The number of ether oxygens (including phenoxy) is 2. The van der Waals surface area contributed by atoms with Crippen LogP contribution in [0.2, 0.25) is 5.02 Å². The van der Waals surface area contributed by atoms with Crippen LogP contribution in [0, 0.1) is 5.92 Å². The van der Waals surface area contributed by atoms with E-state index in [4.69, 9.17) is 21.1 Å². The third-order valence-corrected chi connectivity index (χ3v) is 3.87. The Bertz CT molecular complexity index is 519. The van der Waals surface area contributed by atoms with E-state index in [1.807, 2.05) is 0 Å². The van der Waals surface area contributed by atoms with Crippen molar-refractivity contribution in [1.82, 2.24) is 5.32 Å². The lowest BCUT2D eigenvalue weighted by Gasteiger charge is -2.23. The molecule has 1 amide bonds. The maximum atomic E-state index is 12.2. The summed E-state index contributed by atoms with van der Waals surface area (Å²) in [5.41, 5.74) is 0.575. The van der Waals surface area contributed by atoms with Crippen molar-refractivity contribution in [2.24, 2.45) is 5.92 Å². The predicted octanol–water partition coefficient (Wildman–Crippen LogP) is 2.47. The van der Waals surface area contributed by atoms with E-state index in [-0.39, 0.29) is 24.2 Å². The Morgan fingerprint density at radius 2 is 2.00 bits per heavy atom. The molecule has 7 heteroatoms. The highest BCUT2D eigenvalue weighted by atomic mass is 35.5. The number of fused-ring (bicyclic) bond motifs is 1. The number of anilines is 1. The molecule has 1 fully saturated rings. The molecule has 0 bridgehead atoms. The molecule has 2 aliphatic heterocycles. The lowest BCUT2D eigenvalue weighted by molar-refractivity contribution is -0.120. The zero-order valence-electron chi connectivity index (χ0n) is 11.5. The first-order valence-corrected chi connectivity index (χ1v) is 7.22. The summed E-state index contributed by atoms with van der Waals surface area (Å²) in [5.74, 6) is 1.24. The van der Waals surface area contributed by atoms with Crippen LogP contribution in [0.25, 0.3) is 0 Å². The van der Waals surface area contributed by atoms with Crippen LogP contribution in [0.3, 0.4) is 0 Å². The van der Waals surface area contributed by atoms with Gasteiger partial charge in [-0.1, -0.05) is 11.6 Å². The molecule has 2 heterocycles. The molecule has 2 aliphatic rings. The van der Waals surface area contributed by atoms with Gasteiger partial charge in [-0.3, -0.25) is 4.79 Å². The zero-order chi connectivity index (χ0) is 13.9. The molecule has 0 aromatic heterocycles. The van der Waals surface area contributed by atoms with Crippen LogP contribution >= 0.6 is 24.0 Å². The van der Waals surface area contributed by atoms with Gasteiger partial charge in [0.25, 0.3) is 0 Å². The van der Waals surface area contributed by atoms with Crippen LogP contribution in [-0.2, 0) is 4.79 Å². The van der Waals surface area contributed by atoms with Crippen molar-refractivity contribution in [2.75, 3.05) is 31.6 Å². The molecule has 1 unspecified atom stereocenters. The number of piperidine rings is 1. The zero-order valence-corrected chi connectivity index (χ0v) is 13.1. The Kier molecular flexibility index (Phi) is 5.56. The van der Waals surface area contributed by atoms with E-state index in [9.17, 15) is 4.79 Å². The summed E-state index contributed by atoms with van der Waals surface area (Å²) < 4.78 is 10.9. The van der Waals surface area contributed by atoms with Gasteiger partial charge in [0, 0.05) is 18.7 Å². The van der Waals surface area contributed by atoms with E-state index in [2.05, 4.69) is 10.6 Å². The maximum absolute atomic E-state index is 12.2. The highest BCUT2D eigenvalue weighted by Gasteiger charge is 2.23. The first-order chi connectivity index (χ1) is 9.74. The Morgan fingerprint density at radius 1 is 1.29 bits per heavy atom. The van der Waals surface area contributed by atoms with Crippen LogP contribution in [0.1, 0.15) is 12.8 Å². The molecule has 1 atom stereocenters. The second kappa shape index (κ2) is 7.20. The Balaban J connectivity index is 0.00000161. The molecule has 1 saturated heterocycles. The van der Waals surface area contributed by atoms with Gasteiger partial charge in [0.15, 0.2) is 11.5 Å². The summed E-state index contributed by atoms with van der Waals surface area (Å²) in [6.07, 6.45) is 1.92. The molecule has 0 saturated carbocycles. The third-order valence-electron chi connectivity index (χ3n) is 3.56. The van der Waals surface area contributed by atoms with Crippen LogP contribution in [0.4, 0.5) is 5.69 Å². The lowest BCUT2D eigenvalue weighted by atomic mass is 9.99. The molecule has 0 aliphatic carbocycles. The van der Waals surface area contributed by atoms with Gasteiger partial charge in [-0.05, 0) is 19.4 Å². The highest BCUT2D eigenvalue weighted by Crippen LogP contribution is 2.38. The minimum absolute atomic E-state index is 0. The van der Waals surface area contributed by atoms with Crippen LogP contribution in [-0.4, -0.2) is 32.2 Å². The van der Waals surface area contributed by atoms with Crippen molar-refractivity contribution in [2.45, 2.75) is 12.8 Å². The fraction of sp³-hybridized carbons (Fsp3) is 0.500. The van der Waals surface area contributed by atoms with Crippen molar-refractivity contribution in [1.29, 1.82) is 0 Å². The summed E-state index contributed by atoms with van der Waals surface area (Å²) >= 11 is 6.18. The number of nitrogens with one attached hydrogen (secondary N) is 2. The van der Waals surface area contributed by atoms with Gasteiger partial charge in [0.05, 0.1) is 16.6 Å². The average Bonchev–Trinajstić information content (AvgIpc) is 2.49. The van der Waals surface area contributed by atoms with E-state index in [0.717, 1.165) is 19.4 Å².